The fraction of sp³-hybridized carbons (Fsp3) is 0.387. The molecule has 2 atom stereocenters. The summed E-state index contributed by atoms with van der Waals surface area (Å²) >= 11 is 0. The van der Waals surface area contributed by atoms with E-state index in [9.17, 15) is 19.6 Å². The number of para-hydroxylation sites is 1. The Morgan fingerprint density at radius 3 is 2.28 bits per heavy atom. The Morgan fingerprint density at radius 1 is 0.923 bits per heavy atom. The van der Waals surface area contributed by atoms with E-state index in [4.69, 9.17) is 0 Å². The highest BCUT2D eigenvalue weighted by atomic mass is 16.5. The van der Waals surface area contributed by atoms with Gasteiger partial charge < -0.3 is 4.98 Å². The molecule has 0 saturated carbocycles. The maximum Gasteiger partial charge on any atom is 0.247 e. The summed E-state index contributed by atoms with van der Waals surface area (Å²) in [7, 11) is 0. The van der Waals surface area contributed by atoms with Crippen molar-refractivity contribution in [2.75, 3.05) is 6.54 Å². The lowest BCUT2D eigenvalue weighted by molar-refractivity contribution is -0.147. The fourth-order valence-corrected chi connectivity index (χ4v) is 4.74. The second kappa shape index (κ2) is 14.3. The Labute approximate surface area is 230 Å². The average molecular weight is 533 g/mol. The first-order valence-corrected chi connectivity index (χ1v) is 13.5. The molecule has 0 saturated heterocycles. The number of allylic oxidation sites excluding steroid dienone is 1. The number of H-pyrrole nitrogens is 1. The molecule has 0 radical (unpaired) electrons. The van der Waals surface area contributed by atoms with Crippen LogP contribution >= 0.6 is 0 Å². The van der Waals surface area contributed by atoms with Crippen molar-refractivity contribution in [3.05, 3.63) is 78.0 Å². The second-order valence-corrected chi connectivity index (χ2v) is 10.8. The summed E-state index contributed by atoms with van der Waals surface area (Å²) in [5, 5.41) is 11.8. The highest BCUT2D eigenvalue weighted by molar-refractivity contribution is 5.91. The Bertz CT molecular complexity index is 1270. The molecule has 2 aromatic carbocycles. The summed E-state index contributed by atoms with van der Waals surface area (Å²) in [5.74, 6) is -2.65. The molecule has 0 unspecified atom stereocenters. The molecule has 8 nitrogen and oxygen atoms in total. The molecule has 0 spiro atoms. The van der Waals surface area contributed by atoms with Gasteiger partial charge in [-0.25, -0.2) is 5.48 Å². The van der Waals surface area contributed by atoms with Gasteiger partial charge in [-0.15, -0.1) is 0 Å². The maximum absolute atomic E-state index is 13.7. The van der Waals surface area contributed by atoms with E-state index >= 15 is 0 Å². The van der Waals surface area contributed by atoms with Crippen LogP contribution in [0.2, 0.25) is 0 Å². The number of hydrogen-bond donors (Lipinski definition) is 4. The van der Waals surface area contributed by atoms with Crippen molar-refractivity contribution in [3.63, 3.8) is 0 Å². The van der Waals surface area contributed by atoms with E-state index in [1.54, 1.807) is 5.48 Å². The van der Waals surface area contributed by atoms with E-state index in [0.29, 0.717) is 13.0 Å². The van der Waals surface area contributed by atoms with Crippen LogP contribution in [0.4, 0.5) is 0 Å². The van der Waals surface area contributed by atoms with Crippen LogP contribution in [0.1, 0.15) is 51.7 Å². The van der Waals surface area contributed by atoms with Crippen LogP contribution in [0, 0.1) is 23.7 Å². The van der Waals surface area contributed by atoms with Crippen LogP contribution in [0.25, 0.3) is 17.0 Å². The molecular formula is C31H40N4O4. The average Bonchev–Trinajstić information content (AvgIpc) is 3.32. The van der Waals surface area contributed by atoms with Crippen molar-refractivity contribution in [1.82, 2.24) is 20.9 Å². The third kappa shape index (κ3) is 8.55. The number of rotatable bonds is 12. The van der Waals surface area contributed by atoms with E-state index < -0.39 is 23.7 Å². The van der Waals surface area contributed by atoms with E-state index in [0.717, 1.165) is 22.0 Å². The van der Waals surface area contributed by atoms with Crippen molar-refractivity contribution >= 4 is 34.7 Å². The van der Waals surface area contributed by atoms with E-state index in [2.05, 4.69) is 10.4 Å². The Balaban J connectivity index is 1.81. The number of nitrogens with one attached hydrogen (secondary N) is 3. The van der Waals surface area contributed by atoms with Gasteiger partial charge in [-0.2, -0.15) is 0 Å². The molecule has 4 N–H and O–H groups in total. The number of hydrazine groups is 1. The molecule has 1 aromatic heterocycles. The topological polar surface area (TPSA) is 115 Å². The maximum atomic E-state index is 13.7. The lowest BCUT2D eigenvalue weighted by Crippen LogP contribution is -2.52. The second-order valence-electron chi connectivity index (χ2n) is 10.8. The molecule has 3 amide bonds. The van der Waals surface area contributed by atoms with Crippen LogP contribution in [-0.2, 0) is 20.8 Å². The normalized spacial score (nSPS) is 13.1. The zero-order valence-electron chi connectivity index (χ0n) is 23.2. The minimum Gasteiger partial charge on any atom is -0.361 e. The SMILES string of the molecule is CC(C)C[C@@H](C(=O)NN(CC(C)C)C(=O)Cc1c[nH]c2ccccc12)[C@H](C/C=C/c1ccccc1)C(=O)NO. The van der Waals surface area contributed by atoms with Gasteiger partial charge in [0.2, 0.25) is 17.7 Å². The molecular weight excluding hydrogens is 492 g/mol. The zero-order valence-corrected chi connectivity index (χ0v) is 23.2. The zero-order chi connectivity index (χ0) is 28.4. The van der Waals surface area contributed by atoms with Crippen LogP contribution in [0.5, 0.6) is 0 Å². The standard InChI is InChI=1S/C31H40N4O4/c1-21(2)17-27(26(31(38)34-39)15-10-13-23-11-6-5-7-12-23)30(37)33-35(20-22(3)4)29(36)18-24-19-32-28-16-9-8-14-25(24)28/h5-14,16,19,21-22,26-27,32,39H,15,17-18,20H2,1-4H3,(H,33,37)(H,34,38)/b13-10+/t26-,27+/m0/s1. The van der Waals surface area contributed by atoms with Crippen LogP contribution in [0.15, 0.2) is 66.9 Å². The van der Waals surface area contributed by atoms with E-state index in [-0.39, 0.29) is 30.6 Å². The molecule has 8 heteroatoms. The van der Waals surface area contributed by atoms with Gasteiger partial charge in [0.05, 0.1) is 18.3 Å². The summed E-state index contributed by atoms with van der Waals surface area (Å²) in [6.45, 7) is 8.22. The number of aromatic nitrogens is 1. The van der Waals surface area contributed by atoms with Gasteiger partial charge in [-0.05, 0) is 41.9 Å². The van der Waals surface area contributed by atoms with Crippen molar-refractivity contribution in [2.24, 2.45) is 23.7 Å². The molecule has 3 aromatic rings. The van der Waals surface area contributed by atoms with Gasteiger partial charge >= 0.3 is 0 Å². The first kappa shape index (κ1) is 29.6. The number of carbonyl (C=O) groups excluding carboxylic acids is 3. The highest BCUT2D eigenvalue weighted by Gasteiger charge is 2.35. The van der Waals surface area contributed by atoms with Gasteiger partial charge in [0, 0.05) is 23.6 Å². The molecule has 208 valence electrons. The summed E-state index contributed by atoms with van der Waals surface area (Å²) in [5.41, 5.74) is 7.33. The first-order valence-electron chi connectivity index (χ1n) is 13.5. The van der Waals surface area contributed by atoms with Gasteiger partial charge in [0.15, 0.2) is 0 Å². The van der Waals surface area contributed by atoms with Gasteiger partial charge in [0.25, 0.3) is 0 Å². The summed E-state index contributed by atoms with van der Waals surface area (Å²) in [6.07, 6.45) is 6.32. The Hall–Kier alpha value is -3.91. The van der Waals surface area contributed by atoms with Crippen molar-refractivity contribution in [2.45, 2.75) is 47.0 Å². The lowest BCUT2D eigenvalue weighted by Gasteiger charge is -2.30. The van der Waals surface area contributed by atoms with Gasteiger partial charge in [-0.3, -0.25) is 30.0 Å². The quantitative estimate of drug-likeness (QED) is 0.192. The monoisotopic (exact) mass is 532 g/mol. The number of hydroxylamine groups is 1. The molecule has 0 fully saturated rings. The number of fused-ring (bicyclic) bond motifs is 1. The van der Waals surface area contributed by atoms with Crippen molar-refractivity contribution < 1.29 is 19.6 Å². The minimum absolute atomic E-state index is 0.103. The number of aromatic amines is 1. The summed E-state index contributed by atoms with van der Waals surface area (Å²) in [4.78, 5) is 43.1. The van der Waals surface area contributed by atoms with Crippen LogP contribution in [0.3, 0.4) is 0 Å². The third-order valence-corrected chi connectivity index (χ3v) is 6.61. The molecule has 0 aliphatic rings. The van der Waals surface area contributed by atoms with E-state index in [1.807, 2.05) is 101 Å². The molecule has 39 heavy (non-hydrogen) atoms. The third-order valence-electron chi connectivity index (χ3n) is 6.61. The summed E-state index contributed by atoms with van der Waals surface area (Å²) < 4.78 is 0. The Kier molecular flexibility index (Phi) is 10.9. The number of amides is 3. The smallest absolute Gasteiger partial charge is 0.247 e. The number of benzene rings is 2. The highest BCUT2D eigenvalue weighted by Crippen LogP contribution is 2.26. The number of hydrogen-bond acceptors (Lipinski definition) is 4. The van der Waals surface area contributed by atoms with Crippen molar-refractivity contribution in [3.8, 4) is 0 Å². The Morgan fingerprint density at radius 2 is 1.62 bits per heavy atom. The number of carbonyl (C=O) groups is 3. The predicted molar refractivity (Wildman–Crippen MR) is 153 cm³/mol. The minimum atomic E-state index is -0.818. The molecule has 1 heterocycles. The fourth-order valence-electron chi connectivity index (χ4n) is 4.74. The van der Waals surface area contributed by atoms with Crippen molar-refractivity contribution in [1.29, 1.82) is 0 Å². The molecule has 0 aliphatic carbocycles. The molecule has 0 aliphatic heterocycles. The lowest BCUT2D eigenvalue weighted by atomic mass is 9.82. The number of nitrogens with zero attached hydrogens (tertiary/aromatic N) is 1. The molecule has 3 rings (SSSR count). The first-order chi connectivity index (χ1) is 18.7. The van der Waals surface area contributed by atoms with E-state index in [1.165, 1.54) is 5.01 Å². The van der Waals surface area contributed by atoms with Crippen LogP contribution in [-0.4, -0.2) is 39.5 Å². The summed E-state index contributed by atoms with van der Waals surface area (Å²) in [6, 6.07) is 17.4. The predicted octanol–water partition coefficient (Wildman–Crippen LogP) is 5.11. The van der Waals surface area contributed by atoms with Gasteiger partial charge in [-0.1, -0.05) is 88.4 Å². The van der Waals surface area contributed by atoms with Crippen LogP contribution < -0.4 is 10.9 Å². The molecule has 0 bridgehead atoms. The largest absolute Gasteiger partial charge is 0.361 e. The van der Waals surface area contributed by atoms with Gasteiger partial charge in [0.1, 0.15) is 0 Å².